The highest BCUT2D eigenvalue weighted by Gasteiger charge is 2.11. The number of carbonyl (C=O) groups excluding carboxylic acids is 1. The number of ether oxygens (including phenoxy) is 1. The van der Waals surface area contributed by atoms with Gasteiger partial charge in [0.2, 0.25) is 11.7 Å². The first-order valence-corrected chi connectivity index (χ1v) is 8.81. The van der Waals surface area contributed by atoms with Gasteiger partial charge in [0.15, 0.2) is 5.84 Å². The fourth-order valence-electron chi connectivity index (χ4n) is 2.42. The van der Waals surface area contributed by atoms with Crippen molar-refractivity contribution in [3.05, 3.63) is 65.8 Å². The molecule has 0 amide bonds. The van der Waals surface area contributed by atoms with E-state index in [2.05, 4.69) is 15.3 Å². The maximum atomic E-state index is 12.9. The Balaban J connectivity index is 1.46. The summed E-state index contributed by atoms with van der Waals surface area (Å²) in [5.74, 6) is 0.651. The van der Waals surface area contributed by atoms with Gasteiger partial charge in [0.1, 0.15) is 11.6 Å². The molecule has 1 aromatic heterocycles. The van der Waals surface area contributed by atoms with Gasteiger partial charge in [0.05, 0.1) is 7.11 Å². The number of oxime groups is 1. The normalized spacial score (nSPS) is 11.3. The Kier molecular flexibility index (Phi) is 6.51. The van der Waals surface area contributed by atoms with Crippen LogP contribution in [0.2, 0.25) is 0 Å². The summed E-state index contributed by atoms with van der Waals surface area (Å²) in [6.45, 7) is 0. The lowest BCUT2D eigenvalue weighted by Crippen LogP contribution is -2.15. The molecule has 8 nitrogen and oxygen atoms in total. The second kappa shape index (κ2) is 9.45. The molecule has 150 valence electrons. The van der Waals surface area contributed by atoms with E-state index in [4.69, 9.17) is 19.8 Å². The van der Waals surface area contributed by atoms with Gasteiger partial charge in [-0.3, -0.25) is 0 Å². The quantitative estimate of drug-likeness (QED) is 0.268. The summed E-state index contributed by atoms with van der Waals surface area (Å²) in [5, 5.41) is 7.50. The van der Waals surface area contributed by atoms with Gasteiger partial charge in [-0.1, -0.05) is 10.3 Å². The third-order valence-corrected chi connectivity index (χ3v) is 3.97. The number of benzene rings is 2. The number of amidine groups is 1. The van der Waals surface area contributed by atoms with E-state index in [0.717, 1.165) is 11.3 Å². The van der Waals surface area contributed by atoms with Crippen LogP contribution in [0.5, 0.6) is 5.75 Å². The van der Waals surface area contributed by atoms with E-state index in [9.17, 15) is 9.18 Å². The number of nitrogens with two attached hydrogens (primary N) is 1. The van der Waals surface area contributed by atoms with Gasteiger partial charge >= 0.3 is 5.97 Å². The van der Waals surface area contributed by atoms with Crippen LogP contribution >= 0.6 is 0 Å². The lowest BCUT2D eigenvalue weighted by Gasteiger charge is -2.01. The minimum atomic E-state index is -0.551. The molecule has 0 aliphatic heterocycles. The Bertz CT molecular complexity index is 984. The number of hydrogen-bond donors (Lipinski definition) is 1. The van der Waals surface area contributed by atoms with E-state index in [1.54, 1.807) is 19.2 Å². The van der Waals surface area contributed by atoms with Crippen molar-refractivity contribution in [3.8, 4) is 17.1 Å². The Morgan fingerprint density at radius 3 is 2.59 bits per heavy atom. The average Bonchev–Trinajstić information content (AvgIpc) is 3.21. The highest BCUT2D eigenvalue weighted by atomic mass is 19.1. The zero-order chi connectivity index (χ0) is 20.6. The first kappa shape index (κ1) is 20.0. The van der Waals surface area contributed by atoms with E-state index < -0.39 is 11.8 Å². The fourth-order valence-corrected chi connectivity index (χ4v) is 2.42. The minimum Gasteiger partial charge on any atom is -0.497 e. The zero-order valence-corrected chi connectivity index (χ0v) is 15.7. The number of hydrogen-bond acceptors (Lipinski definition) is 7. The van der Waals surface area contributed by atoms with Crippen LogP contribution in [0.25, 0.3) is 11.4 Å². The first-order valence-electron chi connectivity index (χ1n) is 8.81. The molecule has 3 aromatic rings. The molecule has 0 unspecified atom stereocenters. The minimum absolute atomic E-state index is 0.0145. The van der Waals surface area contributed by atoms with Crippen LogP contribution in [0.15, 0.2) is 58.2 Å². The molecular formula is C20H19FN4O4. The van der Waals surface area contributed by atoms with E-state index in [0.29, 0.717) is 30.1 Å². The lowest BCUT2D eigenvalue weighted by atomic mass is 10.2. The summed E-state index contributed by atoms with van der Waals surface area (Å²) in [5.41, 5.74) is 6.95. The second-order valence-electron chi connectivity index (χ2n) is 6.04. The van der Waals surface area contributed by atoms with Crippen molar-refractivity contribution in [1.82, 2.24) is 10.1 Å². The van der Waals surface area contributed by atoms with Crippen molar-refractivity contribution in [2.24, 2.45) is 10.9 Å². The van der Waals surface area contributed by atoms with E-state index in [1.807, 2.05) is 12.1 Å². The third-order valence-electron chi connectivity index (χ3n) is 3.97. The molecule has 0 aliphatic rings. The van der Waals surface area contributed by atoms with Crippen LogP contribution in [0, 0.1) is 5.82 Å². The van der Waals surface area contributed by atoms with Crippen molar-refractivity contribution in [1.29, 1.82) is 0 Å². The van der Waals surface area contributed by atoms with Crippen LogP contribution in [0.1, 0.15) is 24.3 Å². The summed E-state index contributed by atoms with van der Waals surface area (Å²) in [7, 11) is 1.59. The van der Waals surface area contributed by atoms with Gasteiger partial charge < -0.3 is 19.8 Å². The molecule has 0 aliphatic carbocycles. The molecule has 0 saturated heterocycles. The van der Waals surface area contributed by atoms with Gasteiger partial charge in [-0.05, 0) is 55.0 Å². The number of halogens is 1. The first-order chi connectivity index (χ1) is 14.0. The molecule has 0 spiro atoms. The van der Waals surface area contributed by atoms with Crippen molar-refractivity contribution in [2.45, 2.75) is 19.3 Å². The van der Waals surface area contributed by atoms with Crippen molar-refractivity contribution in [2.75, 3.05) is 7.11 Å². The lowest BCUT2D eigenvalue weighted by molar-refractivity contribution is -0.143. The summed E-state index contributed by atoms with van der Waals surface area (Å²) in [6.07, 6.45) is 0.949. The monoisotopic (exact) mass is 398 g/mol. The molecule has 0 saturated carbocycles. The van der Waals surface area contributed by atoms with Crippen molar-refractivity contribution < 1.29 is 23.3 Å². The number of nitrogens with zero attached hydrogens (tertiary/aromatic N) is 3. The fraction of sp³-hybridized carbons (Fsp3) is 0.200. The zero-order valence-electron chi connectivity index (χ0n) is 15.7. The largest absolute Gasteiger partial charge is 0.497 e. The number of aromatic nitrogens is 2. The Labute approximate surface area is 166 Å². The number of aryl methyl sites for hydroxylation is 1. The highest BCUT2D eigenvalue weighted by Crippen LogP contribution is 2.20. The molecule has 29 heavy (non-hydrogen) atoms. The second-order valence-corrected chi connectivity index (χ2v) is 6.04. The molecule has 2 N–H and O–H groups in total. The molecular weight excluding hydrogens is 379 g/mol. The molecule has 0 atom stereocenters. The topological polar surface area (TPSA) is 113 Å². The van der Waals surface area contributed by atoms with Crippen LogP contribution in [-0.4, -0.2) is 29.1 Å². The third kappa shape index (κ3) is 5.61. The Hall–Kier alpha value is -3.75. The summed E-state index contributed by atoms with van der Waals surface area (Å²) >= 11 is 0. The van der Waals surface area contributed by atoms with Crippen molar-refractivity contribution in [3.63, 3.8) is 0 Å². The molecule has 0 bridgehead atoms. The number of rotatable bonds is 8. The van der Waals surface area contributed by atoms with Gasteiger partial charge in [0.25, 0.3) is 0 Å². The molecule has 0 fully saturated rings. The standard InChI is InChI=1S/C20H19FN4O4/c1-27-16-11-7-14(8-12-16)20-23-17(28-25-20)3-2-4-18(26)29-24-19(22)13-5-9-15(21)10-6-13/h5-12H,2-4H2,1H3,(H2,22,24). The summed E-state index contributed by atoms with van der Waals surface area (Å²) < 4.78 is 23.2. The summed E-state index contributed by atoms with van der Waals surface area (Å²) in [6, 6.07) is 12.6. The van der Waals surface area contributed by atoms with Crippen LogP contribution in [0.3, 0.4) is 0 Å². The van der Waals surface area contributed by atoms with Gasteiger partial charge in [-0.25, -0.2) is 9.18 Å². The van der Waals surface area contributed by atoms with Crippen LogP contribution in [-0.2, 0) is 16.1 Å². The molecule has 9 heteroatoms. The van der Waals surface area contributed by atoms with Crippen LogP contribution < -0.4 is 10.5 Å². The average molecular weight is 398 g/mol. The number of carbonyl (C=O) groups is 1. The highest BCUT2D eigenvalue weighted by molar-refractivity contribution is 5.97. The molecule has 2 aromatic carbocycles. The van der Waals surface area contributed by atoms with Crippen molar-refractivity contribution >= 4 is 11.8 Å². The van der Waals surface area contributed by atoms with Gasteiger partial charge in [0, 0.05) is 24.0 Å². The smallest absolute Gasteiger partial charge is 0.335 e. The predicted molar refractivity (Wildman–Crippen MR) is 102 cm³/mol. The van der Waals surface area contributed by atoms with Gasteiger partial charge in [-0.2, -0.15) is 4.98 Å². The molecule has 3 rings (SSSR count). The summed E-state index contributed by atoms with van der Waals surface area (Å²) in [4.78, 5) is 20.9. The van der Waals surface area contributed by atoms with E-state index in [-0.39, 0.29) is 12.3 Å². The Morgan fingerprint density at radius 1 is 1.17 bits per heavy atom. The maximum Gasteiger partial charge on any atom is 0.335 e. The molecule has 0 radical (unpaired) electrons. The predicted octanol–water partition coefficient (Wildman–Crippen LogP) is 3.07. The number of methoxy groups -OCH3 is 1. The van der Waals surface area contributed by atoms with E-state index in [1.165, 1.54) is 24.3 Å². The Morgan fingerprint density at radius 2 is 1.90 bits per heavy atom. The van der Waals surface area contributed by atoms with Gasteiger partial charge in [-0.15, -0.1) is 0 Å². The maximum absolute atomic E-state index is 12.9. The molecule has 1 heterocycles. The SMILES string of the molecule is COc1ccc(-c2noc(CCCC(=O)O/N=C(/N)c3ccc(F)cc3)n2)cc1. The van der Waals surface area contributed by atoms with E-state index >= 15 is 0 Å². The van der Waals surface area contributed by atoms with Crippen LogP contribution in [0.4, 0.5) is 4.39 Å².